The van der Waals surface area contributed by atoms with Gasteiger partial charge in [0.25, 0.3) is 5.91 Å². The molecule has 0 saturated carbocycles. The number of thiophene rings is 1. The first-order valence-corrected chi connectivity index (χ1v) is 8.60. The molecule has 0 unspecified atom stereocenters. The van der Waals surface area contributed by atoms with Gasteiger partial charge in [-0.05, 0) is 63.7 Å². The first-order valence-electron chi connectivity index (χ1n) is 7.72. The molecule has 1 aromatic carbocycles. The van der Waals surface area contributed by atoms with Gasteiger partial charge in [-0.1, -0.05) is 6.07 Å². The minimum absolute atomic E-state index is 0.0653. The Morgan fingerprint density at radius 1 is 1.22 bits per heavy atom. The molecule has 5 heteroatoms. The van der Waals surface area contributed by atoms with Crippen molar-refractivity contribution in [3.63, 3.8) is 0 Å². The number of rotatable bonds is 7. The van der Waals surface area contributed by atoms with Gasteiger partial charge in [0.1, 0.15) is 5.75 Å². The van der Waals surface area contributed by atoms with E-state index in [0.29, 0.717) is 12.1 Å². The van der Waals surface area contributed by atoms with Crippen LogP contribution in [0.15, 0.2) is 41.8 Å². The summed E-state index contributed by atoms with van der Waals surface area (Å²) < 4.78 is 5.59. The van der Waals surface area contributed by atoms with Gasteiger partial charge in [0, 0.05) is 17.0 Å². The maximum absolute atomic E-state index is 12.3. The maximum Gasteiger partial charge on any atom is 0.251 e. The van der Waals surface area contributed by atoms with Crippen LogP contribution in [0, 0.1) is 0 Å². The molecule has 0 fully saturated rings. The van der Waals surface area contributed by atoms with Gasteiger partial charge in [-0.2, -0.15) is 0 Å². The van der Waals surface area contributed by atoms with E-state index in [1.54, 1.807) is 23.5 Å². The molecule has 0 aliphatic heterocycles. The fourth-order valence-corrected chi connectivity index (χ4v) is 3.19. The highest BCUT2D eigenvalue weighted by atomic mass is 32.1. The predicted molar refractivity (Wildman–Crippen MR) is 95.3 cm³/mol. The van der Waals surface area contributed by atoms with Crippen molar-refractivity contribution in [1.29, 1.82) is 0 Å². The molecule has 0 aliphatic rings. The highest BCUT2D eigenvalue weighted by Crippen LogP contribution is 2.22. The van der Waals surface area contributed by atoms with E-state index < -0.39 is 0 Å². The zero-order valence-electron chi connectivity index (χ0n) is 14.1. The zero-order valence-corrected chi connectivity index (χ0v) is 14.9. The van der Waals surface area contributed by atoms with Gasteiger partial charge in [-0.25, -0.2) is 0 Å². The molecule has 1 atom stereocenters. The van der Waals surface area contributed by atoms with E-state index >= 15 is 0 Å². The van der Waals surface area contributed by atoms with Crippen molar-refractivity contribution >= 4 is 17.2 Å². The third kappa shape index (κ3) is 5.08. The Morgan fingerprint density at radius 3 is 2.43 bits per heavy atom. The average molecular weight is 332 g/mol. The number of hydrogen-bond acceptors (Lipinski definition) is 4. The van der Waals surface area contributed by atoms with Crippen LogP contribution < -0.4 is 10.1 Å². The molecule has 1 amide bonds. The van der Waals surface area contributed by atoms with Crippen molar-refractivity contribution in [1.82, 2.24) is 10.2 Å². The van der Waals surface area contributed by atoms with E-state index in [4.69, 9.17) is 4.74 Å². The molecule has 0 radical (unpaired) electrons. The molecule has 0 spiro atoms. The molecule has 1 N–H and O–H groups in total. The summed E-state index contributed by atoms with van der Waals surface area (Å²) in [6, 6.07) is 11.6. The first-order chi connectivity index (χ1) is 11.0. The number of amides is 1. The summed E-state index contributed by atoms with van der Waals surface area (Å²) in [7, 11) is 4.04. The van der Waals surface area contributed by atoms with Crippen LogP contribution in [-0.4, -0.2) is 37.6 Å². The molecular weight excluding hydrogens is 308 g/mol. The van der Waals surface area contributed by atoms with E-state index in [1.165, 1.54) is 4.88 Å². The molecule has 2 aromatic rings. The monoisotopic (exact) mass is 332 g/mol. The number of carbonyl (C=O) groups is 1. The molecule has 124 valence electrons. The van der Waals surface area contributed by atoms with Crippen molar-refractivity contribution in [2.45, 2.75) is 26.0 Å². The number of hydrogen-bond donors (Lipinski definition) is 1. The van der Waals surface area contributed by atoms with E-state index in [-0.39, 0.29) is 18.1 Å². The Labute approximate surface area is 142 Å². The second kappa shape index (κ2) is 8.13. The third-order valence-corrected chi connectivity index (χ3v) is 4.41. The molecule has 4 nitrogen and oxygen atoms in total. The quantitative estimate of drug-likeness (QED) is 0.843. The number of likely N-dealkylation sites (N-methyl/N-ethyl adjacent to an activating group) is 1. The summed E-state index contributed by atoms with van der Waals surface area (Å²) in [6.45, 7) is 4.54. The second-order valence-corrected chi connectivity index (χ2v) is 6.88. The van der Waals surface area contributed by atoms with Crippen molar-refractivity contribution in [3.05, 3.63) is 52.2 Å². The van der Waals surface area contributed by atoms with Crippen LogP contribution in [0.2, 0.25) is 0 Å². The highest BCUT2D eigenvalue weighted by Gasteiger charge is 2.16. The van der Waals surface area contributed by atoms with Crippen molar-refractivity contribution in [2.24, 2.45) is 0 Å². The van der Waals surface area contributed by atoms with Gasteiger partial charge in [0.15, 0.2) is 0 Å². The van der Waals surface area contributed by atoms with Crippen LogP contribution in [0.3, 0.4) is 0 Å². The van der Waals surface area contributed by atoms with Crippen molar-refractivity contribution in [2.75, 3.05) is 20.6 Å². The summed E-state index contributed by atoms with van der Waals surface area (Å²) in [5.74, 6) is 0.714. The number of carbonyl (C=O) groups excluding carboxylic acids is 1. The standard InChI is InChI=1S/C18H24N2O2S/c1-13(2)22-15-9-7-14(8-10-15)18(21)19-12-16(20(3)4)17-6-5-11-23-17/h5-11,13,16H,12H2,1-4H3,(H,19,21)/t16-/m1/s1. The first kappa shape index (κ1) is 17.5. The maximum atomic E-state index is 12.3. The molecule has 1 aromatic heterocycles. The molecular formula is C18H24N2O2S. The predicted octanol–water partition coefficient (Wildman–Crippen LogP) is 3.57. The lowest BCUT2D eigenvalue weighted by molar-refractivity contribution is 0.0942. The SMILES string of the molecule is CC(C)Oc1ccc(C(=O)NC[C@H](c2cccs2)N(C)C)cc1. The topological polar surface area (TPSA) is 41.6 Å². The van der Waals surface area contributed by atoms with Gasteiger partial charge in [0.2, 0.25) is 0 Å². The van der Waals surface area contributed by atoms with E-state index in [2.05, 4.69) is 21.7 Å². The van der Waals surface area contributed by atoms with Crippen LogP contribution in [0.5, 0.6) is 5.75 Å². The lowest BCUT2D eigenvalue weighted by atomic mass is 10.2. The summed E-state index contributed by atoms with van der Waals surface area (Å²) in [6.07, 6.45) is 0.126. The smallest absolute Gasteiger partial charge is 0.251 e. The molecule has 2 rings (SSSR count). The lowest BCUT2D eigenvalue weighted by Gasteiger charge is -2.23. The Bertz CT molecular complexity index is 606. The Hall–Kier alpha value is -1.85. The van der Waals surface area contributed by atoms with Gasteiger partial charge in [0.05, 0.1) is 12.1 Å². The highest BCUT2D eigenvalue weighted by molar-refractivity contribution is 7.10. The number of benzene rings is 1. The summed E-state index contributed by atoms with van der Waals surface area (Å²) >= 11 is 1.70. The second-order valence-electron chi connectivity index (χ2n) is 5.90. The van der Waals surface area contributed by atoms with Crippen LogP contribution in [-0.2, 0) is 0 Å². The largest absolute Gasteiger partial charge is 0.491 e. The van der Waals surface area contributed by atoms with Crippen LogP contribution in [0.25, 0.3) is 0 Å². The van der Waals surface area contributed by atoms with Gasteiger partial charge in [-0.3, -0.25) is 4.79 Å². The Balaban J connectivity index is 1.95. The molecule has 0 bridgehead atoms. The minimum atomic E-state index is -0.0653. The third-order valence-electron chi connectivity index (χ3n) is 3.44. The van der Waals surface area contributed by atoms with Crippen molar-refractivity contribution in [3.8, 4) is 5.75 Å². The fraction of sp³-hybridized carbons (Fsp3) is 0.389. The van der Waals surface area contributed by atoms with Crippen LogP contribution in [0.1, 0.15) is 35.1 Å². The summed E-state index contributed by atoms with van der Waals surface area (Å²) in [4.78, 5) is 15.7. The number of nitrogens with one attached hydrogen (secondary N) is 1. The van der Waals surface area contributed by atoms with E-state index in [0.717, 1.165) is 5.75 Å². The normalized spacial score (nSPS) is 12.4. The lowest BCUT2D eigenvalue weighted by Crippen LogP contribution is -2.34. The van der Waals surface area contributed by atoms with Crippen molar-refractivity contribution < 1.29 is 9.53 Å². The summed E-state index contributed by atoms with van der Waals surface area (Å²) in [5.41, 5.74) is 0.643. The summed E-state index contributed by atoms with van der Waals surface area (Å²) in [5, 5.41) is 5.07. The zero-order chi connectivity index (χ0) is 16.8. The van der Waals surface area contributed by atoms with Crippen LogP contribution >= 0.6 is 11.3 Å². The molecule has 0 aliphatic carbocycles. The Morgan fingerprint density at radius 2 is 1.91 bits per heavy atom. The average Bonchev–Trinajstić information content (AvgIpc) is 3.01. The number of ether oxygens (including phenoxy) is 1. The van der Waals surface area contributed by atoms with E-state index in [9.17, 15) is 4.79 Å². The minimum Gasteiger partial charge on any atom is -0.491 e. The Kier molecular flexibility index (Phi) is 6.19. The molecule has 23 heavy (non-hydrogen) atoms. The number of nitrogens with zero attached hydrogens (tertiary/aromatic N) is 1. The van der Waals surface area contributed by atoms with Gasteiger partial charge >= 0.3 is 0 Å². The van der Waals surface area contributed by atoms with Crippen LogP contribution in [0.4, 0.5) is 0 Å². The molecule has 1 heterocycles. The van der Waals surface area contributed by atoms with E-state index in [1.807, 2.05) is 46.1 Å². The fourth-order valence-electron chi connectivity index (χ4n) is 2.27. The van der Waals surface area contributed by atoms with Gasteiger partial charge in [-0.15, -0.1) is 11.3 Å². The molecule has 0 saturated heterocycles. The van der Waals surface area contributed by atoms with Gasteiger partial charge < -0.3 is 15.0 Å².